The Kier molecular flexibility index (Phi) is 6.34. The smallest absolute Gasteiger partial charge is 0.254 e. The summed E-state index contributed by atoms with van der Waals surface area (Å²) < 4.78 is 17.7. The van der Waals surface area contributed by atoms with Crippen LogP contribution in [0.25, 0.3) is 10.8 Å². The fourth-order valence-electron chi connectivity index (χ4n) is 3.54. The molecule has 1 aromatic heterocycles. The maximum Gasteiger partial charge on any atom is 0.254 e. The van der Waals surface area contributed by atoms with Gasteiger partial charge < -0.3 is 14.5 Å². The highest BCUT2D eigenvalue weighted by atomic mass is 19.1. The van der Waals surface area contributed by atoms with E-state index in [1.165, 1.54) is 0 Å². The van der Waals surface area contributed by atoms with Gasteiger partial charge in [0.05, 0.1) is 19.1 Å². The molecular weight excluding hydrogens is 349 g/mol. The van der Waals surface area contributed by atoms with E-state index < -0.39 is 6.67 Å². The zero-order valence-electron chi connectivity index (χ0n) is 15.4. The first-order valence-electron chi connectivity index (χ1n) is 9.12. The lowest BCUT2D eigenvalue weighted by Crippen LogP contribution is -2.56. The lowest BCUT2D eigenvalue weighted by atomic mass is 10.0. The maximum atomic E-state index is 13.3. The lowest BCUT2D eigenvalue weighted by molar-refractivity contribution is -0.134. The molecule has 7 heteroatoms. The van der Waals surface area contributed by atoms with Gasteiger partial charge in [0.1, 0.15) is 0 Å². The van der Waals surface area contributed by atoms with Gasteiger partial charge in [0.25, 0.3) is 5.91 Å². The Hall–Kier alpha value is -2.54. The summed E-state index contributed by atoms with van der Waals surface area (Å²) >= 11 is 0. The number of hydrogen-bond donors (Lipinski definition) is 0. The molecule has 0 aliphatic carbocycles. The third-order valence-corrected chi connectivity index (χ3v) is 4.97. The van der Waals surface area contributed by atoms with Crippen LogP contribution in [0.4, 0.5) is 4.39 Å². The fraction of sp³-hybridized carbons (Fsp3) is 0.450. The van der Waals surface area contributed by atoms with Crippen LogP contribution < -0.4 is 0 Å². The predicted molar refractivity (Wildman–Crippen MR) is 100 cm³/mol. The van der Waals surface area contributed by atoms with E-state index >= 15 is 0 Å². The Labute approximate surface area is 157 Å². The molecule has 1 unspecified atom stereocenters. The van der Waals surface area contributed by atoms with Gasteiger partial charge in [-0.1, -0.05) is 12.1 Å². The third-order valence-electron chi connectivity index (χ3n) is 4.97. The van der Waals surface area contributed by atoms with Crippen LogP contribution in [0, 0.1) is 0 Å². The molecule has 27 heavy (non-hydrogen) atoms. The standard InChI is InChI=1S/C20H24FN3O3/c1-27-12-7-16-14-23(19(25)5-8-21)10-11-24(16)20(26)17-4-2-3-15-6-9-22-13-18(15)17/h2-4,6,9,13,16H,5,7-8,10-12,14H2,1H3. The van der Waals surface area contributed by atoms with E-state index in [1.807, 2.05) is 18.2 Å². The minimum Gasteiger partial charge on any atom is -0.385 e. The number of piperazine rings is 1. The van der Waals surface area contributed by atoms with Crippen LogP contribution in [0.3, 0.4) is 0 Å². The number of amides is 2. The van der Waals surface area contributed by atoms with E-state index in [2.05, 4.69) is 4.98 Å². The first-order valence-corrected chi connectivity index (χ1v) is 9.12. The molecule has 0 bridgehead atoms. The largest absolute Gasteiger partial charge is 0.385 e. The molecule has 2 heterocycles. The van der Waals surface area contributed by atoms with Crippen molar-refractivity contribution in [1.29, 1.82) is 0 Å². The van der Waals surface area contributed by atoms with Crippen molar-refractivity contribution >= 4 is 22.6 Å². The predicted octanol–water partition coefficient (Wildman–Crippen LogP) is 2.28. The molecule has 1 aromatic carbocycles. The van der Waals surface area contributed by atoms with Gasteiger partial charge in [-0.2, -0.15) is 0 Å². The van der Waals surface area contributed by atoms with E-state index in [9.17, 15) is 14.0 Å². The summed E-state index contributed by atoms with van der Waals surface area (Å²) in [7, 11) is 1.61. The van der Waals surface area contributed by atoms with E-state index in [1.54, 1.807) is 35.4 Å². The van der Waals surface area contributed by atoms with Crippen molar-refractivity contribution in [3.05, 3.63) is 42.2 Å². The molecule has 1 saturated heterocycles. The molecule has 0 N–H and O–H groups in total. The highest BCUT2D eigenvalue weighted by Crippen LogP contribution is 2.23. The van der Waals surface area contributed by atoms with Gasteiger partial charge in [-0.25, -0.2) is 0 Å². The molecule has 0 radical (unpaired) electrons. The molecule has 0 saturated carbocycles. The van der Waals surface area contributed by atoms with Crippen molar-refractivity contribution in [2.24, 2.45) is 0 Å². The van der Waals surface area contributed by atoms with E-state index in [4.69, 9.17) is 4.74 Å². The molecule has 1 aliphatic rings. The number of pyridine rings is 1. The summed E-state index contributed by atoms with van der Waals surface area (Å²) in [5.41, 5.74) is 0.603. The van der Waals surface area contributed by atoms with E-state index in [0.29, 0.717) is 38.2 Å². The van der Waals surface area contributed by atoms with Gasteiger partial charge in [0, 0.05) is 56.7 Å². The zero-order chi connectivity index (χ0) is 19.2. The number of carbonyl (C=O) groups is 2. The Morgan fingerprint density at radius 2 is 2.15 bits per heavy atom. The molecule has 3 rings (SSSR count). The van der Waals surface area contributed by atoms with Crippen LogP contribution in [0.1, 0.15) is 23.2 Å². The molecule has 144 valence electrons. The van der Waals surface area contributed by atoms with Gasteiger partial charge in [-0.15, -0.1) is 0 Å². The second-order valence-electron chi connectivity index (χ2n) is 6.61. The Bertz CT molecular complexity index is 809. The number of fused-ring (bicyclic) bond motifs is 1. The Balaban J connectivity index is 1.84. The van der Waals surface area contributed by atoms with Crippen LogP contribution in [-0.2, 0) is 9.53 Å². The molecule has 1 atom stereocenters. The van der Waals surface area contributed by atoms with E-state index in [-0.39, 0.29) is 24.3 Å². The van der Waals surface area contributed by atoms with Crippen LogP contribution in [0.2, 0.25) is 0 Å². The number of hydrogen-bond acceptors (Lipinski definition) is 4. The number of benzene rings is 1. The number of aromatic nitrogens is 1. The monoisotopic (exact) mass is 373 g/mol. The molecule has 1 aliphatic heterocycles. The fourth-order valence-corrected chi connectivity index (χ4v) is 3.54. The second kappa shape index (κ2) is 8.90. The first-order chi connectivity index (χ1) is 13.2. The van der Waals surface area contributed by atoms with Crippen molar-refractivity contribution in [3.8, 4) is 0 Å². The van der Waals surface area contributed by atoms with E-state index in [0.717, 1.165) is 10.8 Å². The van der Waals surface area contributed by atoms with Crippen molar-refractivity contribution < 1.29 is 18.7 Å². The number of halogens is 1. The highest BCUT2D eigenvalue weighted by molar-refractivity contribution is 6.06. The molecule has 0 spiro atoms. The number of nitrogens with zero attached hydrogens (tertiary/aromatic N) is 3. The minimum atomic E-state index is -0.663. The van der Waals surface area contributed by atoms with Crippen molar-refractivity contribution in [3.63, 3.8) is 0 Å². The average molecular weight is 373 g/mol. The molecule has 6 nitrogen and oxygen atoms in total. The van der Waals surface area contributed by atoms with Crippen LogP contribution in [0.15, 0.2) is 36.7 Å². The quantitative estimate of drug-likeness (QED) is 0.779. The number of rotatable bonds is 6. The second-order valence-corrected chi connectivity index (χ2v) is 6.61. The van der Waals surface area contributed by atoms with Gasteiger partial charge in [0.15, 0.2) is 0 Å². The summed E-state index contributed by atoms with van der Waals surface area (Å²) in [6.45, 7) is 1.05. The van der Waals surface area contributed by atoms with Crippen molar-refractivity contribution in [2.45, 2.75) is 18.9 Å². The molecule has 2 amide bonds. The van der Waals surface area contributed by atoms with Crippen LogP contribution >= 0.6 is 0 Å². The van der Waals surface area contributed by atoms with Gasteiger partial charge in [-0.3, -0.25) is 19.0 Å². The normalized spacial score (nSPS) is 17.3. The van der Waals surface area contributed by atoms with Gasteiger partial charge in [-0.05, 0) is 23.9 Å². The summed E-state index contributed by atoms with van der Waals surface area (Å²) in [5.74, 6) is -0.284. The lowest BCUT2D eigenvalue weighted by Gasteiger charge is -2.41. The molecular formula is C20H24FN3O3. The number of ether oxygens (including phenoxy) is 1. The third kappa shape index (κ3) is 4.24. The van der Waals surface area contributed by atoms with Crippen LogP contribution in [0.5, 0.6) is 0 Å². The number of carbonyl (C=O) groups excluding carboxylic acids is 2. The first kappa shape index (κ1) is 19.2. The van der Waals surface area contributed by atoms with Gasteiger partial charge in [0.2, 0.25) is 5.91 Å². The van der Waals surface area contributed by atoms with Crippen molar-refractivity contribution in [1.82, 2.24) is 14.8 Å². The molecule has 1 fully saturated rings. The minimum absolute atomic E-state index is 0.0766. The summed E-state index contributed by atoms with van der Waals surface area (Å²) in [5, 5.41) is 1.77. The summed E-state index contributed by atoms with van der Waals surface area (Å²) in [6, 6.07) is 7.33. The summed E-state index contributed by atoms with van der Waals surface area (Å²) in [6.07, 6.45) is 3.91. The Morgan fingerprint density at radius 1 is 1.30 bits per heavy atom. The maximum absolute atomic E-state index is 13.3. The number of alkyl halides is 1. The highest BCUT2D eigenvalue weighted by Gasteiger charge is 2.33. The Morgan fingerprint density at radius 3 is 2.93 bits per heavy atom. The molecule has 2 aromatic rings. The zero-order valence-corrected chi connectivity index (χ0v) is 15.4. The topological polar surface area (TPSA) is 62.7 Å². The average Bonchev–Trinajstić information content (AvgIpc) is 2.71. The number of methoxy groups -OCH3 is 1. The van der Waals surface area contributed by atoms with Crippen molar-refractivity contribution in [2.75, 3.05) is 40.0 Å². The summed E-state index contributed by atoms with van der Waals surface area (Å²) in [4.78, 5) is 33.0. The van der Waals surface area contributed by atoms with Crippen LogP contribution in [-0.4, -0.2) is 72.7 Å². The van der Waals surface area contributed by atoms with Gasteiger partial charge >= 0.3 is 0 Å². The SMILES string of the molecule is COCCC1CN(C(=O)CCF)CCN1C(=O)c1cccc2ccncc12.